The maximum Gasteiger partial charge on any atom is 0.265 e. The van der Waals surface area contributed by atoms with E-state index in [1.807, 2.05) is 68.5 Å². The summed E-state index contributed by atoms with van der Waals surface area (Å²) >= 11 is 0. The number of ether oxygens (including phenoxy) is 2. The second kappa shape index (κ2) is 8.92. The van der Waals surface area contributed by atoms with Crippen LogP contribution in [0.5, 0.6) is 11.5 Å². The molecule has 0 aliphatic carbocycles. The lowest BCUT2D eigenvalue weighted by Crippen LogP contribution is -2.40. The van der Waals surface area contributed by atoms with Gasteiger partial charge in [0, 0.05) is 11.7 Å². The number of carbonyl (C=O) groups excluding carboxylic acids is 1. The van der Waals surface area contributed by atoms with E-state index in [4.69, 9.17) is 9.47 Å². The molecule has 0 N–H and O–H groups in total. The maximum absolute atomic E-state index is 12.7. The number of carbonyl (C=O) groups is 1. The van der Waals surface area contributed by atoms with E-state index in [0.29, 0.717) is 11.5 Å². The Morgan fingerprint density at radius 2 is 1.88 bits per heavy atom. The summed E-state index contributed by atoms with van der Waals surface area (Å²) in [7, 11) is 1.59. The number of amides is 1. The van der Waals surface area contributed by atoms with Crippen molar-refractivity contribution in [2.75, 3.05) is 18.6 Å². The molecule has 2 aromatic carbocycles. The molecule has 4 heteroatoms. The number of methoxy groups -OCH3 is 1. The predicted molar refractivity (Wildman–Crippen MR) is 101 cm³/mol. The van der Waals surface area contributed by atoms with Crippen LogP contribution in [0.15, 0.2) is 61.2 Å². The van der Waals surface area contributed by atoms with Crippen LogP contribution in [0.2, 0.25) is 0 Å². The first-order valence-corrected chi connectivity index (χ1v) is 8.34. The van der Waals surface area contributed by atoms with Crippen molar-refractivity contribution >= 4 is 11.6 Å². The number of para-hydroxylation sites is 1. The Hall–Kier alpha value is -2.75. The number of hydrogen-bond acceptors (Lipinski definition) is 3. The largest absolute Gasteiger partial charge is 0.493 e. The lowest BCUT2D eigenvalue weighted by Gasteiger charge is -2.27. The van der Waals surface area contributed by atoms with E-state index in [2.05, 4.69) is 6.58 Å². The van der Waals surface area contributed by atoms with E-state index in [9.17, 15) is 4.79 Å². The average molecular weight is 339 g/mol. The van der Waals surface area contributed by atoms with Gasteiger partial charge in [0.25, 0.3) is 5.91 Å². The summed E-state index contributed by atoms with van der Waals surface area (Å²) in [5.41, 5.74) is 1.94. The van der Waals surface area contributed by atoms with Crippen LogP contribution in [0.4, 0.5) is 5.69 Å². The van der Waals surface area contributed by atoms with Crippen LogP contribution in [0.3, 0.4) is 0 Å². The molecule has 0 saturated carbocycles. The van der Waals surface area contributed by atoms with E-state index < -0.39 is 0 Å². The summed E-state index contributed by atoms with van der Waals surface area (Å²) in [5, 5.41) is 0. The highest BCUT2D eigenvalue weighted by Gasteiger charge is 2.20. The SMILES string of the molecule is C=CCc1ccc(OCC(=O)N(c2ccccc2)C(C)C)c(OC)c1. The molecule has 0 aliphatic heterocycles. The first kappa shape index (κ1) is 18.6. The second-order valence-electron chi connectivity index (χ2n) is 5.96. The number of rotatable bonds is 8. The van der Waals surface area contributed by atoms with Crippen molar-refractivity contribution in [3.05, 3.63) is 66.7 Å². The van der Waals surface area contributed by atoms with Crippen molar-refractivity contribution in [2.45, 2.75) is 26.3 Å². The molecule has 132 valence electrons. The van der Waals surface area contributed by atoms with Gasteiger partial charge in [-0.1, -0.05) is 30.3 Å². The van der Waals surface area contributed by atoms with Crippen LogP contribution < -0.4 is 14.4 Å². The van der Waals surface area contributed by atoms with Crippen LogP contribution in [0.25, 0.3) is 0 Å². The molecule has 0 heterocycles. The zero-order valence-electron chi connectivity index (χ0n) is 15.1. The smallest absolute Gasteiger partial charge is 0.265 e. The van der Waals surface area contributed by atoms with Crippen LogP contribution in [-0.4, -0.2) is 25.7 Å². The van der Waals surface area contributed by atoms with Crippen molar-refractivity contribution in [1.29, 1.82) is 0 Å². The van der Waals surface area contributed by atoms with Gasteiger partial charge in [0.2, 0.25) is 0 Å². The number of benzene rings is 2. The molecule has 0 unspecified atom stereocenters. The van der Waals surface area contributed by atoms with E-state index in [0.717, 1.165) is 17.7 Å². The molecule has 4 nitrogen and oxygen atoms in total. The first-order chi connectivity index (χ1) is 12.1. The highest BCUT2D eigenvalue weighted by atomic mass is 16.5. The highest BCUT2D eigenvalue weighted by molar-refractivity contribution is 5.94. The van der Waals surface area contributed by atoms with Crippen molar-refractivity contribution in [1.82, 2.24) is 0 Å². The number of hydrogen-bond donors (Lipinski definition) is 0. The molecular weight excluding hydrogens is 314 g/mol. The van der Waals surface area contributed by atoms with Crippen LogP contribution >= 0.6 is 0 Å². The fourth-order valence-corrected chi connectivity index (χ4v) is 2.65. The molecular formula is C21H25NO3. The molecule has 25 heavy (non-hydrogen) atoms. The minimum Gasteiger partial charge on any atom is -0.493 e. The molecule has 2 aromatic rings. The molecule has 0 spiro atoms. The van der Waals surface area contributed by atoms with Crippen molar-refractivity contribution in [2.24, 2.45) is 0 Å². The van der Waals surface area contributed by atoms with Crippen molar-refractivity contribution in [3.63, 3.8) is 0 Å². The van der Waals surface area contributed by atoms with Crippen LogP contribution in [0.1, 0.15) is 19.4 Å². The van der Waals surface area contributed by atoms with Gasteiger partial charge in [-0.3, -0.25) is 4.79 Å². The van der Waals surface area contributed by atoms with E-state index in [1.54, 1.807) is 12.0 Å². The number of nitrogens with zero attached hydrogens (tertiary/aromatic N) is 1. The summed E-state index contributed by atoms with van der Waals surface area (Å²) in [5.74, 6) is 1.07. The van der Waals surface area contributed by atoms with Gasteiger partial charge in [-0.05, 0) is 50.1 Å². The van der Waals surface area contributed by atoms with Gasteiger partial charge in [-0.2, -0.15) is 0 Å². The zero-order valence-corrected chi connectivity index (χ0v) is 15.1. The average Bonchev–Trinajstić information content (AvgIpc) is 2.61. The van der Waals surface area contributed by atoms with Gasteiger partial charge in [0.15, 0.2) is 18.1 Å². The van der Waals surface area contributed by atoms with Gasteiger partial charge < -0.3 is 14.4 Å². The number of anilines is 1. The van der Waals surface area contributed by atoms with Crippen LogP contribution in [-0.2, 0) is 11.2 Å². The van der Waals surface area contributed by atoms with E-state index >= 15 is 0 Å². The van der Waals surface area contributed by atoms with Gasteiger partial charge >= 0.3 is 0 Å². The highest BCUT2D eigenvalue weighted by Crippen LogP contribution is 2.28. The lowest BCUT2D eigenvalue weighted by atomic mass is 10.1. The topological polar surface area (TPSA) is 38.8 Å². The fraction of sp³-hybridized carbons (Fsp3) is 0.286. The molecule has 0 fully saturated rings. The maximum atomic E-state index is 12.7. The third-order valence-corrected chi connectivity index (χ3v) is 3.78. The minimum atomic E-state index is -0.0987. The van der Waals surface area contributed by atoms with Crippen molar-refractivity contribution in [3.8, 4) is 11.5 Å². The minimum absolute atomic E-state index is 0.0374. The molecule has 1 amide bonds. The first-order valence-electron chi connectivity index (χ1n) is 8.34. The fourth-order valence-electron chi connectivity index (χ4n) is 2.65. The Morgan fingerprint density at radius 1 is 1.16 bits per heavy atom. The third-order valence-electron chi connectivity index (χ3n) is 3.78. The standard InChI is InChI=1S/C21H25NO3/c1-5-9-17-12-13-19(20(14-17)24-4)25-15-21(23)22(16(2)3)18-10-7-6-8-11-18/h5-8,10-14,16H,1,9,15H2,2-4H3. The van der Waals surface area contributed by atoms with Gasteiger partial charge in [0.05, 0.1) is 7.11 Å². The zero-order chi connectivity index (χ0) is 18.2. The van der Waals surface area contributed by atoms with Gasteiger partial charge in [0.1, 0.15) is 0 Å². The third kappa shape index (κ3) is 4.86. The van der Waals surface area contributed by atoms with Crippen LogP contribution in [0, 0.1) is 0 Å². The second-order valence-corrected chi connectivity index (χ2v) is 5.96. The Labute approximate surface area is 149 Å². The molecule has 0 aliphatic rings. The van der Waals surface area contributed by atoms with Gasteiger partial charge in [-0.15, -0.1) is 6.58 Å². The molecule has 0 atom stereocenters. The summed E-state index contributed by atoms with van der Waals surface area (Å²) in [6.07, 6.45) is 2.59. The molecule has 0 aromatic heterocycles. The monoisotopic (exact) mass is 339 g/mol. The van der Waals surface area contributed by atoms with E-state index in [-0.39, 0.29) is 18.6 Å². The lowest BCUT2D eigenvalue weighted by molar-refractivity contribution is -0.120. The Morgan fingerprint density at radius 3 is 2.48 bits per heavy atom. The Kier molecular flexibility index (Phi) is 6.63. The Bertz CT molecular complexity index is 710. The summed E-state index contributed by atoms with van der Waals surface area (Å²) in [4.78, 5) is 14.4. The molecule has 0 radical (unpaired) electrons. The quantitative estimate of drug-likeness (QED) is 0.675. The summed E-state index contributed by atoms with van der Waals surface area (Å²) < 4.78 is 11.1. The molecule has 0 bridgehead atoms. The number of allylic oxidation sites excluding steroid dienone is 1. The molecule has 2 rings (SSSR count). The normalized spacial score (nSPS) is 10.4. The summed E-state index contributed by atoms with van der Waals surface area (Å²) in [6.45, 7) is 7.65. The van der Waals surface area contributed by atoms with Crippen molar-refractivity contribution < 1.29 is 14.3 Å². The Balaban J connectivity index is 2.11. The van der Waals surface area contributed by atoms with Gasteiger partial charge in [-0.25, -0.2) is 0 Å². The summed E-state index contributed by atoms with van der Waals surface area (Å²) in [6, 6.07) is 15.3. The predicted octanol–water partition coefficient (Wildman–Crippen LogP) is 4.24. The molecule has 0 saturated heterocycles. The van der Waals surface area contributed by atoms with E-state index in [1.165, 1.54) is 0 Å².